The third kappa shape index (κ3) is 2.65. The largest absolute Gasteiger partial charge is 0.384 e. The van der Waals surface area contributed by atoms with Gasteiger partial charge < -0.3 is 11.5 Å². The van der Waals surface area contributed by atoms with Crippen LogP contribution in [0.15, 0.2) is 30.3 Å². The Morgan fingerprint density at radius 3 is 2.76 bits per heavy atom. The summed E-state index contributed by atoms with van der Waals surface area (Å²) in [6.07, 6.45) is 1.99. The molecule has 4 heteroatoms. The van der Waals surface area contributed by atoms with Gasteiger partial charge in [-0.3, -0.25) is 0 Å². The van der Waals surface area contributed by atoms with Crippen molar-refractivity contribution in [2.45, 2.75) is 19.8 Å². The molecule has 0 radical (unpaired) electrons. The maximum atomic E-state index is 5.90. The van der Waals surface area contributed by atoms with Gasteiger partial charge in [0.1, 0.15) is 5.82 Å². The summed E-state index contributed by atoms with van der Waals surface area (Å²) >= 11 is 0. The third-order valence-electron chi connectivity index (χ3n) is 2.68. The lowest BCUT2D eigenvalue weighted by atomic mass is 10.1. The fourth-order valence-electron chi connectivity index (χ4n) is 1.88. The van der Waals surface area contributed by atoms with E-state index in [9.17, 15) is 0 Å². The quantitative estimate of drug-likeness (QED) is 0.839. The maximum Gasteiger partial charge on any atom is 0.127 e. The lowest BCUT2D eigenvalue weighted by Gasteiger charge is -2.06. The van der Waals surface area contributed by atoms with E-state index in [1.54, 1.807) is 4.68 Å². The van der Waals surface area contributed by atoms with Crippen LogP contribution in [0, 0.1) is 6.92 Å². The SMILES string of the molecule is Cc1cc(N)n(-c2cccc(CCCN)c2)n1. The molecule has 0 saturated heterocycles. The highest BCUT2D eigenvalue weighted by Gasteiger charge is 2.04. The van der Waals surface area contributed by atoms with Crippen molar-refractivity contribution in [2.75, 3.05) is 12.3 Å². The molecule has 0 unspecified atom stereocenters. The van der Waals surface area contributed by atoms with Crippen molar-refractivity contribution in [3.05, 3.63) is 41.6 Å². The highest BCUT2D eigenvalue weighted by molar-refractivity contribution is 5.44. The van der Waals surface area contributed by atoms with Gasteiger partial charge in [0.05, 0.1) is 11.4 Å². The van der Waals surface area contributed by atoms with E-state index in [2.05, 4.69) is 17.2 Å². The molecule has 90 valence electrons. The van der Waals surface area contributed by atoms with Gasteiger partial charge in [-0.1, -0.05) is 12.1 Å². The van der Waals surface area contributed by atoms with Gasteiger partial charge in [-0.2, -0.15) is 5.10 Å². The average Bonchev–Trinajstić information content (AvgIpc) is 2.66. The van der Waals surface area contributed by atoms with Crippen LogP contribution >= 0.6 is 0 Å². The molecular weight excluding hydrogens is 212 g/mol. The van der Waals surface area contributed by atoms with Crippen molar-refractivity contribution in [1.82, 2.24) is 9.78 Å². The molecular formula is C13H18N4. The monoisotopic (exact) mass is 230 g/mol. The van der Waals surface area contributed by atoms with Crippen LogP contribution < -0.4 is 11.5 Å². The molecule has 0 aliphatic rings. The molecule has 0 bridgehead atoms. The van der Waals surface area contributed by atoms with Crippen molar-refractivity contribution in [3.63, 3.8) is 0 Å². The molecule has 17 heavy (non-hydrogen) atoms. The number of nitrogens with zero attached hydrogens (tertiary/aromatic N) is 2. The lowest BCUT2D eigenvalue weighted by Crippen LogP contribution is -2.03. The first-order chi connectivity index (χ1) is 8.20. The van der Waals surface area contributed by atoms with Crippen molar-refractivity contribution < 1.29 is 0 Å². The summed E-state index contributed by atoms with van der Waals surface area (Å²) in [6, 6.07) is 10.1. The summed E-state index contributed by atoms with van der Waals surface area (Å²) in [5, 5.41) is 4.37. The second-order valence-electron chi connectivity index (χ2n) is 4.18. The number of aryl methyl sites for hydroxylation is 2. The second-order valence-corrected chi connectivity index (χ2v) is 4.18. The Labute approximate surface area is 101 Å². The van der Waals surface area contributed by atoms with E-state index in [1.165, 1.54) is 5.56 Å². The van der Waals surface area contributed by atoms with Gasteiger partial charge in [0.2, 0.25) is 0 Å². The Hall–Kier alpha value is -1.81. The van der Waals surface area contributed by atoms with Crippen molar-refractivity contribution in [3.8, 4) is 5.69 Å². The van der Waals surface area contributed by atoms with Gasteiger partial charge in [-0.25, -0.2) is 4.68 Å². The topological polar surface area (TPSA) is 69.9 Å². The summed E-state index contributed by atoms with van der Waals surface area (Å²) in [4.78, 5) is 0. The molecule has 0 aliphatic heterocycles. The number of nitrogens with two attached hydrogens (primary N) is 2. The van der Waals surface area contributed by atoms with E-state index in [-0.39, 0.29) is 0 Å². The predicted molar refractivity (Wildman–Crippen MR) is 70.1 cm³/mol. The number of hydrogen-bond acceptors (Lipinski definition) is 3. The van der Waals surface area contributed by atoms with Crippen LogP contribution in [0.4, 0.5) is 5.82 Å². The van der Waals surface area contributed by atoms with Crippen LogP contribution in [-0.4, -0.2) is 16.3 Å². The van der Waals surface area contributed by atoms with Gasteiger partial charge >= 0.3 is 0 Å². The van der Waals surface area contributed by atoms with Crippen LogP contribution in [0.2, 0.25) is 0 Å². The number of nitrogen functional groups attached to an aromatic ring is 1. The molecule has 4 nitrogen and oxygen atoms in total. The Morgan fingerprint density at radius 1 is 1.29 bits per heavy atom. The Bertz CT molecular complexity index is 502. The molecule has 0 saturated carbocycles. The molecule has 0 amide bonds. The van der Waals surface area contributed by atoms with Crippen LogP contribution in [0.25, 0.3) is 5.69 Å². The van der Waals surface area contributed by atoms with Gasteiger partial charge in [0.15, 0.2) is 0 Å². The smallest absolute Gasteiger partial charge is 0.127 e. The number of benzene rings is 1. The second kappa shape index (κ2) is 5.01. The van der Waals surface area contributed by atoms with E-state index in [0.717, 1.165) is 24.2 Å². The van der Waals surface area contributed by atoms with E-state index >= 15 is 0 Å². The lowest BCUT2D eigenvalue weighted by molar-refractivity contribution is 0.825. The van der Waals surface area contributed by atoms with Gasteiger partial charge in [0, 0.05) is 6.07 Å². The Balaban J connectivity index is 2.29. The highest BCUT2D eigenvalue weighted by atomic mass is 15.3. The van der Waals surface area contributed by atoms with Gasteiger partial charge in [-0.15, -0.1) is 0 Å². The molecule has 1 heterocycles. The molecule has 0 spiro atoms. The summed E-state index contributed by atoms with van der Waals surface area (Å²) in [6.45, 7) is 2.65. The summed E-state index contributed by atoms with van der Waals surface area (Å²) in [5.41, 5.74) is 14.6. The van der Waals surface area contributed by atoms with Gasteiger partial charge in [-0.05, 0) is 44.0 Å². The normalized spacial score (nSPS) is 10.7. The summed E-state index contributed by atoms with van der Waals surface area (Å²) < 4.78 is 1.77. The number of anilines is 1. The van der Waals surface area contributed by atoms with Crippen LogP contribution in [0.3, 0.4) is 0 Å². The van der Waals surface area contributed by atoms with E-state index in [4.69, 9.17) is 11.5 Å². The van der Waals surface area contributed by atoms with E-state index in [1.807, 2.05) is 25.1 Å². The molecule has 0 atom stereocenters. The maximum absolute atomic E-state index is 5.90. The first-order valence-corrected chi connectivity index (χ1v) is 5.82. The highest BCUT2D eigenvalue weighted by Crippen LogP contribution is 2.16. The fraction of sp³-hybridized carbons (Fsp3) is 0.308. The predicted octanol–water partition coefficient (Wildman–Crippen LogP) is 1.65. The minimum atomic E-state index is 0.665. The zero-order chi connectivity index (χ0) is 12.3. The Kier molecular flexibility index (Phi) is 3.44. The summed E-state index contributed by atoms with van der Waals surface area (Å²) in [5.74, 6) is 0.665. The standard InChI is InChI=1S/C13H18N4/c1-10-8-13(15)17(16-10)12-6-2-4-11(9-12)5-3-7-14/h2,4,6,8-9H,3,5,7,14-15H2,1H3. The minimum absolute atomic E-state index is 0.665. The van der Waals surface area contributed by atoms with E-state index < -0.39 is 0 Å². The molecule has 1 aromatic carbocycles. The molecule has 2 aromatic rings. The summed E-state index contributed by atoms with van der Waals surface area (Å²) in [7, 11) is 0. The van der Waals surface area contributed by atoms with E-state index in [0.29, 0.717) is 12.4 Å². The number of hydrogen-bond donors (Lipinski definition) is 2. The zero-order valence-electron chi connectivity index (χ0n) is 10.1. The third-order valence-corrected chi connectivity index (χ3v) is 2.68. The Morgan fingerprint density at radius 2 is 2.12 bits per heavy atom. The molecule has 0 fully saturated rings. The number of rotatable bonds is 4. The molecule has 4 N–H and O–H groups in total. The fourth-order valence-corrected chi connectivity index (χ4v) is 1.88. The molecule has 1 aromatic heterocycles. The average molecular weight is 230 g/mol. The zero-order valence-corrected chi connectivity index (χ0v) is 10.1. The molecule has 0 aliphatic carbocycles. The van der Waals surface area contributed by atoms with Crippen molar-refractivity contribution >= 4 is 5.82 Å². The van der Waals surface area contributed by atoms with Gasteiger partial charge in [0.25, 0.3) is 0 Å². The van der Waals surface area contributed by atoms with Crippen LogP contribution in [-0.2, 0) is 6.42 Å². The van der Waals surface area contributed by atoms with Crippen LogP contribution in [0.5, 0.6) is 0 Å². The minimum Gasteiger partial charge on any atom is -0.384 e. The number of aromatic nitrogens is 2. The van der Waals surface area contributed by atoms with Crippen molar-refractivity contribution in [2.24, 2.45) is 5.73 Å². The first-order valence-electron chi connectivity index (χ1n) is 5.82. The first kappa shape index (κ1) is 11.7. The van der Waals surface area contributed by atoms with Crippen molar-refractivity contribution in [1.29, 1.82) is 0 Å². The molecule has 2 rings (SSSR count). The van der Waals surface area contributed by atoms with Crippen LogP contribution in [0.1, 0.15) is 17.7 Å².